The highest BCUT2D eigenvalue weighted by atomic mass is 16.6. The highest BCUT2D eigenvalue weighted by Crippen LogP contribution is 2.17. The van der Waals surface area contributed by atoms with Crippen molar-refractivity contribution >= 4 is 5.88 Å². The van der Waals surface area contributed by atoms with Gasteiger partial charge in [0.25, 0.3) is 0 Å². The zero-order valence-electron chi connectivity index (χ0n) is 7.27. The van der Waals surface area contributed by atoms with Crippen LogP contribution in [-0.2, 0) is 6.42 Å². The highest BCUT2D eigenvalue weighted by molar-refractivity contribution is 5.17. The summed E-state index contributed by atoms with van der Waals surface area (Å²) in [4.78, 5) is 9.64. The van der Waals surface area contributed by atoms with Gasteiger partial charge in [0.15, 0.2) is 0 Å². The second kappa shape index (κ2) is 4.04. The number of aliphatic hydroxyl groups excluding tert-OH is 1. The third kappa shape index (κ3) is 2.87. The van der Waals surface area contributed by atoms with Crippen LogP contribution in [0.25, 0.3) is 0 Å². The predicted octanol–water partition coefficient (Wildman–Crippen LogP) is 1.50. The lowest BCUT2D eigenvalue weighted by molar-refractivity contribution is -0.402. The quantitative estimate of drug-likeness (QED) is 0.569. The Kier molecular flexibility index (Phi) is 3.02. The molecule has 13 heavy (non-hydrogen) atoms. The Hall–Kier alpha value is -1.36. The van der Waals surface area contributed by atoms with E-state index in [1.807, 2.05) is 0 Å². The van der Waals surface area contributed by atoms with Crippen LogP contribution in [0.4, 0.5) is 5.88 Å². The maximum absolute atomic E-state index is 10.2. The fraction of sp³-hybridized carbons (Fsp3) is 0.500. The van der Waals surface area contributed by atoms with Gasteiger partial charge in [0.2, 0.25) is 0 Å². The minimum Gasteiger partial charge on any atom is -0.406 e. The monoisotopic (exact) mass is 185 g/mol. The van der Waals surface area contributed by atoms with Crippen molar-refractivity contribution in [1.82, 2.24) is 0 Å². The van der Waals surface area contributed by atoms with E-state index < -0.39 is 11.0 Å². The van der Waals surface area contributed by atoms with E-state index in [0.717, 1.165) is 0 Å². The third-order valence-corrected chi connectivity index (χ3v) is 1.64. The van der Waals surface area contributed by atoms with Crippen molar-refractivity contribution in [1.29, 1.82) is 0 Å². The van der Waals surface area contributed by atoms with E-state index in [2.05, 4.69) is 0 Å². The van der Waals surface area contributed by atoms with Gasteiger partial charge >= 0.3 is 5.88 Å². The molecule has 0 aliphatic rings. The molecule has 1 aromatic heterocycles. The molecule has 1 aromatic rings. The summed E-state index contributed by atoms with van der Waals surface area (Å²) in [5.74, 6) is 0.285. The van der Waals surface area contributed by atoms with Crippen LogP contribution < -0.4 is 0 Å². The first-order valence-corrected chi connectivity index (χ1v) is 4.01. The lowest BCUT2D eigenvalue weighted by atomic mass is 10.2. The number of hydrogen-bond donors (Lipinski definition) is 1. The van der Waals surface area contributed by atoms with Crippen LogP contribution >= 0.6 is 0 Å². The van der Waals surface area contributed by atoms with Crippen molar-refractivity contribution in [2.45, 2.75) is 25.9 Å². The molecule has 0 unspecified atom stereocenters. The minimum absolute atomic E-state index is 0.249. The maximum atomic E-state index is 10.2. The Morgan fingerprint density at radius 1 is 1.69 bits per heavy atom. The average molecular weight is 185 g/mol. The first kappa shape index (κ1) is 9.73. The van der Waals surface area contributed by atoms with Crippen molar-refractivity contribution in [3.63, 3.8) is 0 Å². The first-order chi connectivity index (χ1) is 6.09. The van der Waals surface area contributed by atoms with Crippen LogP contribution in [0.15, 0.2) is 16.5 Å². The molecule has 0 saturated carbocycles. The predicted molar refractivity (Wildman–Crippen MR) is 45.4 cm³/mol. The summed E-state index contributed by atoms with van der Waals surface area (Å²) in [6.45, 7) is 1.66. The topological polar surface area (TPSA) is 76.5 Å². The van der Waals surface area contributed by atoms with E-state index in [9.17, 15) is 10.1 Å². The zero-order valence-corrected chi connectivity index (χ0v) is 7.27. The van der Waals surface area contributed by atoms with Gasteiger partial charge in [-0.05, 0) is 19.4 Å². The maximum Gasteiger partial charge on any atom is 0.433 e. The molecule has 1 heterocycles. The molecule has 0 aliphatic carbocycles. The number of rotatable bonds is 4. The molecular weight excluding hydrogens is 174 g/mol. The summed E-state index contributed by atoms with van der Waals surface area (Å²) in [5.41, 5.74) is 0. The summed E-state index contributed by atoms with van der Waals surface area (Å²) in [7, 11) is 0. The molecule has 0 aromatic carbocycles. The van der Waals surface area contributed by atoms with E-state index in [4.69, 9.17) is 9.52 Å². The molecule has 0 amide bonds. The summed E-state index contributed by atoms with van der Waals surface area (Å²) in [6, 6.07) is 2.87. The lowest BCUT2D eigenvalue weighted by Gasteiger charge is -1.99. The van der Waals surface area contributed by atoms with Crippen LogP contribution in [0.2, 0.25) is 0 Å². The van der Waals surface area contributed by atoms with Crippen molar-refractivity contribution in [3.05, 3.63) is 28.0 Å². The normalized spacial score (nSPS) is 12.8. The number of nitro groups is 1. The van der Waals surface area contributed by atoms with E-state index in [1.54, 1.807) is 13.0 Å². The van der Waals surface area contributed by atoms with E-state index >= 15 is 0 Å². The fourth-order valence-corrected chi connectivity index (χ4v) is 0.950. The lowest BCUT2D eigenvalue weighted by Crippen LogP contribution is -2.00. The van der Waals surface area contributed by atoms with Crippen molar-refractivity contribution < 1.29 is 14.4 Å². The number of aryl methyl sites for hydroxylation is 1. The Morgan fingerprint density at radius 2 is 2.38 bits per heavy atom. The van der Waals surface area contributed by atoms with Gasteiger partial charge in [-0.25, -0.2) is 0 Å². The molecule has 1 N–H and O–H groups in total. The molecule has 0 aliphatic heterocycles. The number of furan rings is 1. The molecule has 0 radical (unpaired) electrons. The number of nitrogens with zero attached hydrogens (tertiary/aromatic N) is 1. The SMILES string of the molecule is C[C@@H](O)CCc1ccc([N+](=O)[O-])o1. The Morgan fingerprint density at radius 3 is 2.85 bits per heavy atom. The molecule has 5 nitrogen and oxygen atoms in total. The highest BCUT2D eigenvalue weighted by Gasteiger charge is 2.11. The third-order valence-electron chi connectivity index (χ3n) is 1.64. The average Bonchev–Trinajstić information content (AvgIpc) is 2.48. The van der Waals surface area contributed by atoms with E-state index in [1.165, 1.54) is 6.07 Å². The van der Waals surface area contributed by atoms with Crippen molar-refractivity contribution in [2.75, 3.05) is 0 Å². The summed E-state index contributed by atoms with van der Waals surface area (Å²) >= 11 is 0. The number of hydrogen-bond acceptors (Lipinski definition) is 4. The van der Waals surface area contributed by atoms with Gasteiger partial charge in [-0.15, -0.1) is 0 Å². The van der Waals surface area contributed by atoms with Crippen LogP contribution in [0.5, 0.6) is 0 Å². The molecular formula is C8H11NO4. The van der Waals surface area contributed by atoms with Crippen LogP contribution in [0, 0.1) is 10.1 Å². The standard InChI is InChI=1S/C8H11NO4/c1-6(10)2-3-7-4-5-8(13-7)9(11)12/h4-6,10H,2-3H2,1H3/t6-/m1/s1. The largest absolute Gasteiger partial charge is 0.433 e. The Labute approximate surface area is 75.1 Å². The minimum atomic E-state index is -0.578. The van der Waals surface area contributed by atoms with Gasteiger partial charge in [-0.2, -0.15) is 0 Å². The Bertz CT molecular complexity index is 292. The van der Waals surface area contributed by atoms with Crippen molar-refractivity contribution in [2.24, 2.45) is 0 Å². The van der Waals surface area contributed by atoms with Gasteiger partial charge in [-0.1, -0.05) is 0 Å². The van der Waals surface area contributed by atoms with Gasteiger partial charge < -0.3 is 9.52 Å². The van der Waals surface area contributed by atoms with Gasteiger partial charge in [0.1, 0.15) is 10.7 Å². The molecule has 0 saturated heterocycles. The van der Waals surface area contributed by atoms with Gasteiger partial charge in [0.05, 0.1) is 12.2 Å². The second-order valence-electron chi connectivity index (χ2n) is 2.88. The zero-order chi connectivity index (χ0) is 9.84. The molecule has 1 atom stereocenters. The molecule has 0 fully saturated rings. The Balaban J connectivity index is 2.54. The smallest absolute Gasteiger partial charge is 0.406 e. The van der Waals surface area contributed by atoms with E-state index in [-0.39, 0.29) is 5.88 Å². The molecule has 0 spiro atoms. The molecule has 72 valence electrons. The first-order valence-electron chi connectivity index (χ1n) is 4.01. The van der Waals surface area contributed by atoms with Crippen LogP contribution in [-0.4, -0.2) is 16.1 Å². The fourth-order valence-electron chi connectivity index (χ4n) is 0.950. The summed E-state index contributed by atoms with van der Waals surface area (Å²) in [6.07, 6.45) is 0.653. The number of aliphatic hydroxyl groups is 1. The summed E-state index contributed by atoms with van der Waals surface area (Å²) < 4.78 is 4.89. The van der Waals surface area contributed by atoms with Gasteiger partial charge in [-0.3, -0.25) is 10.1 Å². The van der Waals surface area contributed by atoms with Gasteiger partial charge in [0, 0.05) is 6.42 Å². The van der Waals surface area contributed by atoms with Crippen molar-refractivity contribution in [3.8, 4) is 0 Å². The molecule has 1 rings (SSSR count). The van der Waals surface area contributed by atoms with E-state index in [0.29, 0.717) is 18.6 Å². The molecule has 0 bridgehead atoms. The van der Waals surface area contributed by atoms with Crippen LogP contribution in [0.1, 0.15) is 19.1 Å². The molecule has 5 heteroatoms. The van der Waals surface area contributed by atoms with Crippen LogP contribution in [0.3, 0.4) is 0 Å². The second-order valence-corrected chi connectivity index (χ2v) is 2.88. The summed E-state index contributed by atoms with van der Waals surface area (Å²) in [5, 5.41) is 19.2.